The smallest absolute Gasteiger partial charge is 0.268 e. The molecule has 2 heterocycles. The minimum Gasteiger partial charge on any atom is -0.397 e. The van der Waals surface area contributed by atoms with E-state index in [-0.39, 0.29) is 11.3 Å². The summed E-state index contributed by atoms with van der Waals surface area (Å²) >= 11 is 1.34. The van der Waals surface area contributed by atoms with Gasteiger partial charge in [0.15, 0.2) is 0 Å². The van der Waals surface area contributed by atoms with E-state index in [0.717, 1.165) is 5.01 Å². The van der Waals surface area contributed by atoms with Gasteiger partial charge in [-0.1, -0.05) is 11.3 Å². The van der Waals surface area contributed by atoms with Crippen molar-refractivity contribution in [2.45, 2.75) is 19.5 Å². The Morgan fingerprint density at radius 3 is 2.76 bits per heavy atom. The lowest BCUT2D eigenvalue weighted by molar-refractivity contribution is -0.0332. The van der Waals surface area contributed by atoms with Crippen molar-refractivity contribution in [2.75, 3.05) is 12.8 Å². The van der Waals surface area contributed by atoms with Crippen molar-refractivity contribution in [3.05, 3.63) is 16.8 Å². The van der Waals surface area contributed by atoms with Crippen LogP contribution >= 0.6 is 11.3 Å². The Balaban J connectivity index is 2.68. The fraction of sp³-hybridized carbons (Fsp3) is 0.400. The number of ether oxygens (including phenoxy) is 1. The number of aromatic nitrogens is 2. The van der Waals surface area contributed by atoms with Gasteiger partial charge in [-0.3, -0.25) is 0 Å². The number of nitrogen functional groups attached to an aromatic ring is 1. The Labute approximate surface area is 100 Å². The first kappa shape index (κ1) is 12.1. The van der Waals surface area contributed by atoms with E-state index < -0.39 is 12.5 Å². The van der Waals surface area contributed by atoms with Gasteiger partial charge >= 0.3 is 0 Å². The van der Waals surface area contributed by atoms with Gasteiger partial charge < -0.3 is 10.5 Å². The first-order valence-corrected chi connectivity index (χ1v) is 5.68. The van der Waals surface area contributed by atoms with Crippen molar-refractivity contribution in [1.29, 1.82) is 0 Å². The van der Waals surface area contributed by atoms with Crippen LogP contribution in [0.3, 0.4) is 0 Å². The summed E-state index contributed by atoms with van der Waals surface area (Å²) in [6.45, 7) is 1.79. The average molecular weight is 259 g/mol. The summed E-state index contributed by atoms with van der Waals surface area (Å²) in [5.74, 6) is 0. The van der Waals surface area contributed by atoms with Gasteiger partial charge in [-0.15, -0.1) is 0 Å². The number of halogens is 2. The topological polar surface area (TPSA) is 61.0 Å². The number of rotatable bonds is 3. The van der Waals surface area contributed by atoms with Crippen LogP contribution in [0.4, 0.5) is 14.5 Å². The summed E-state index contributed by atoms with van der Waals surface area (Å²) < 4.78 is 30.6. The molecule has 0 aliphatic heterocycles. The third-order valence-electron chi connectivity index (χ3n) is 2.37. The van der Waals surface area contributed by atoms with Gasteiger partial charge in [0.2, 0.25) is 0 Å². The van der Waals surface area contributed by atoms with Crippen LogP contribution in [0.15, 0.2) is 6.20 Å². The fourth-order valence-corrected chi connectivity index (χ4v) is 2.43. The van der Waals surface area contributed by atoms with Crippen LogP contribution in [-0.2, 0) is 4.74 Å². The van der Waals surface area contributed by atoms with Gasteiger partial charge in [0, 0.05) is 12.7 Å². The zero-order valence-corrected chi connectivity index (χ0v) is 10.1. The number of hydrogen-bond donors (Lipinski definition) is 1. The Morgan fingerprint density at radius 1 is 1.47 bits per heavy atom. The van der Waals surface area contributed by atoms with Gasteiger partial charge in [0.05, 0.1) is 16.9 Å². The molecule has 0 unspecified atom stereocenters. The van der Waals surface area contributed by atoms with E-state index in [2.05, 4.69) is 9.97 Å². The van der Waals surface area contributed by atoms with E-state index in [0.29, 0.717) is 10.3 Å². The molecule has 7 heteroatoms. The third-order valence-corrected chi connectivity index (χ3v) is 3.25. The number of methoxy groups -OCH3 is 1. The summed E-state index contributed by atoms with van der Waals surface area (Å²) in [6, 6.07) is 0. The maximum Gasteiger partial charge on any atom is 0.268 e. The predicted molar refractivity (Wildman–Crippen MR) is 62.3 cm³/mol. The van der Waals surface area contributed by atoms with Crippen molar-refractivity contribution < 1.29 is 13.5 Å². The van der Waals surface area contributed by atoms with E-state index in [4.69, 9.17) is 10.5 Å². The maximum atomic E-state index is 12.9. The van der Waals surface area contributed by atoms with E-state index in [1.54, 1.807) is 6.92 Å². The molecule has 4 nitrogen and oxygen atoms in total. The molecule has 1 atom stereocenters. The molecule has 2 rings (SSSR count). The van der Waals surface area contributed by atoms with Gasteiger partial charge in [0.1, 0.15) is 16.5 Å². The van der Waals surface area contributed by atoms with Crippen molar-refractivity contribution in [2.24, 2.45) is 0 Å². The first-order chi connectivity index (χ1) is 8.04. The lowest BCUT2D eigenvalue weighted by Crippen LogP contribution is -2.14. The van der Waals surface area contributed by atoms with Crippen molar-refractivity contribution in [3.63, 3.8) is 0 Å². The largest absolute Gasteiger partial charge is 0.397 e. The number of pyridine rings is 1. The van der Waals surface area contributed by atoms with E-state index in [9.17, 15) is 8.78 Å². The molecular formula is C10H11F2N3OS. The normalized spacial score (nSPS) is 13.5. The molecule has 0 amide bonds. The van der Waals surface area contributed by atoms with Crippen molar-refractivity contribution in [1.82, 2.24) is 9.97 Å². The highest BCUT2D eigenvalue weighted by Crippen LogP contribution is 2.35. The Hall–Kier alpha value is -1.34. The standard InChI is InChI=1S/C10H11F2N3OS/c1-4-15-7-6(8(16-2)9(11)12)5(13)3-14-10(7)17-4/h3,8-9H,13H2,1-2H3/t8-/m1/s1. The maximum absolute atomic E-state index is 12.9. The fourth-order valence-electron chi connectivity index (χ4n) is 1.66. The number of aryl methyl sites for hydroxylation is 1. The summed E-state index contributed by atoms with van der Waals surface area (Å²) in [4.78, 5) is 8.85. The number of thiazole rings is 1. The number of hydrogen-bond acceptors (Lipinski definition) is 5. The Kier molecular flexibility index (Phi) is 3.21. The lowest BCUT2D eigenvalue weighted by atomic mass is 10.1. The first-order valence-electron chi connectivity index (χ1n) is 4.87. The molecule has 0 saturated carbocycles. The minimum atomic E-state index is -2.66. The number of nitrogens with zero attached hydrogens (tertiary/aromatic N) is 2. The molecule has 0 saturated heterocycles. The van der Waals surface area contributed by atoms with Crippen LogP contribution < -0.4 is 5.73 Å². The second kappa shape index (κ2) is 4.50. The zero-order chi connectivity index (χ0) is 12.6. The van der Waals surface area contributed by atoms with Crippen LogP contribution in [0.5, 0.6) is 0 Å². The number of anilines is 1. The molecule has 2 N–H and O–H groups in total. The molecule has 0 spiro atoms. The molecule has 92 valence electrons. The second-order valence-corrected chi connectivity index (χ2v) is 4.69. The third kappa shape index (κ3) is 2.07. The van der Waals surface area contributed by atoms with Crippen LogP contribution in [-0.4, -0.2) is 23.5 Å². The van der Waals surface area contributed by atoms with Gasteiger partial charge in [-0.2, -0.15) is 0 Å². The molecular weight excluding hydrogens is 248 g/mol. The van der Waals surface area contributed by atoms with Crippen LogP contribution in [0, 0.1) is 6.92 Å². The van der Waals surface area contributed by atoms with E-state index in [1.807, 2.05) is 0 Å². The highest BCUT2D eigenvalue weighted by atomic mass is 32.1. The quantitative estimate of drug-likeness (QED) is 0.920. The molecule has 0 aliphatic rings. The molecule has 0 aromatic carbocycles. The average Bonchev–Trinajstić information content (AvgIpc) is 2.63. The SMILES string of the molecule is CO[C@H](c1c(N)cnc2sc(C)nc12)C(F)F. The molecule has 0 radical (unpaired) electrons. The monoisotopic (exact) mass is 259 g/mol. The molecule has 0 aliphatic carbocycles. The van der Waals surface area contributed by atoms with E-state index >= 15 is 0 Å². The van der Waals surface area contributed by atoms with Crippen molar-refractivity contribution >= 4 is 27.4 Å². The van der Waals surface area contributed by atoms with Crippen molar-refractivity contribution in [3.8, 4) is 0 Å². The van der Waals surface area contributed by atoms with Crippen LogP contribution in [0.2, 0.25) is 0 Å². The number of fused-ring (bicyclic) bond motifs is 1. The van der Waals surface area contributed by atoms with E-state index in [1.165, 1.54) is 24.6 Å². The summed E-state index contributed by atoms with van der Waals surface area (Å²) in [5.41, 5.74) is 6.50. The molecule has 2 aromatic rings. The predicted octanol–water partition coefficient (Wildman–Crippen LogP) is 2.53. The highest BCUT2D eigenvalue weighted by molar-refractivity contribution is 7.18. The number of alkyl halides is 2. The summed E-state index contributed by atoms with van der Waals surface area (Å²) in [6.07, 6.45) is -2.67. The summed E-state index contributed by atoms with van der Waals surface area (Å²) in [5, 5.41) is 0.753. The molecule has 0 bridgehead atoms. The summed E-state index contributed by atoms with van der Waals surface area (Å²) in [7, 11) is 1.22. The Morgan fingerprint density at radius 2 is 2.18 bits per heavy atom. The molecule has 2 aromatic heterocycles. The molecule has 17 heavy (non-hydrogen) atoms. The minimum absolute atomic E-state index is 0.176. The molecule has 0 fully saturated rings. The highest BCUT2D eigenvalue weighted by Gasteiger charge is 2.27. The Bertz CT molecular complexity index is 544. The van der Waals surface area contributed by atoms with Crippen LogP contribution in [0.25, 0.3) is 10.3 Å². The van der Waals surface area contributed by atoms with Gasteiger partial charge in [-0.25, -0.2) is 18.7 Å². The second-order valence-electron chi connectivity index (χ2n) is 3.50. The van der Waals surface area contributed by atoms with Crippen LogP contribution in [0.1, 0.15) is 16.7 Å². The van der Waals surface area contributed by atoms with Gasteiger partial charge in [0.25, 0.3) is 6.43 Å². The lowest BCUT2D eigenvalue weighted by Gasteiger charge is -2.16. The number of nitrogens with two attached hydrogens (primary N) is 1. The zero-order valence-electron chi connectivity index (χ0n) is 9.28. The van der Waals surface area contributed by atoms with Gasteiger partial charge in [-0.05, 0) is 6.92 Å².